The van der Waals surface area contributed by atoms with Crippen LogP contribution in [0.4, 0.5) is 4.79 Å². The van der Waals surface area contributed by atoms with Gasteiger partial charge in [0.15, 0.2) is 0 Å². The van der Waals surface area contributed by atoms with Gasteiger partial charge < -0.3 is 14.8 Å². The molecule has 5 nitrogen and oxygen atoms in total. The van der Waals surface area contributed by atoms with E-state index in [1.165, 1.54) is 0 Å². The highest BCUT2D eigenvalue weighted by molar-refractivity contribution is 5.75. The van der Waals surface area contributed by atoms with E-state index < -0.39 is 11.7 Å². The lowest BCUT2D eigenvalue weighted by atomic mass is 9.84. The number of hydrogen-bond acceptors (Lipinski definition) is 4. The predicted molar refractivity (Wildman–Crippen MR) is 91.4 cm³/mol. The second-order valence-corrected chi connectivity index (χ2v) is 7.24. The minimum atomic E-state index is -0.554. The Morgan fingerprint density at radius 1 is 1.12 bits per heavy atom. The maximum absolute atomic E-state index is 12.4. The van der Waals surface area contributed by atoms with E-state index in [9.17, 15) is 9.59 Å². The van der Waals surface area contributed by atoms with Gasteiger partial charge in [0.1, 0.15) is 12.2 Å². The van der Waals surface area contributed by atoms with Crippen LogP contribution < -0.4 is 5.32 Å². The van der Waals surface area contributed by atoms with Crippen LogP contribution >= 0.6 is 0 Å². The SMILES string of the molecule is CC(C)(C)OC(=O)N[C@H]1CCCC[C@H]1C(=O)OCc1ccccc1. The predicted octanol–water partition coefficient (Wildman–Crippen LogP) is 3.81. The van der Waals surface area contributed by atoms with Crippen molar-refractivity contribution in [3.05, 3.63) is 35.9 Å². The van der Waals surface area contributed by atoms with Gasteiger partial charge in [0.05, 0.1) is 5.92 Å². The highest BCUT2D eigenvalue weighted by atomic mass is 16.6. The van der Waals surface area contributed by atoms with Gasteiger partial charge in [-0.1, -0.05) is 43.2 Å². The van der Waals surface area contributed by atoms with E-state index in [4.69, 9.17) is 9.47 Å². The minimum Gasteiger partial charge on any atom is -0.461 e. The van der Waals surface area contributed by atoms with Gasteiger partial charge in [-0.05, 0) is 39.2 Å². The van der Waals surface area contributed by atoms with Crippen molar-refractivity contribution in [2.75, 3.05) is 0 Å². The molecule has 0 bridgehead atoms. The molecule has 1 aliphatic carbocycles. The van der Waals surface area contributed by atoms with Gasteiger partial charge >= 0.3 is 12.1 Å². The van der Waals surface area contributed by atoms with Crippen molar-refractivity contribution in [3.63, 3.8) is 0 Å². The lowest BCUT2D eigenvalue weighted by Crippen LogP contribution is -2.47. The molecule has 0 heterocycles. The number of ether oxygens (including phenoxy) is 2. The average Bonchev–Trinajstić information content (AvgIpc) is 2.52. The van der Waals surface area contributed by atoms with Gasteiger partial charge in [0, 0.05) is 6.04 Å². The second kappa shape index (κ2) is 8.18. The first-order valence-corrected chi connectivity index (χ1v) is 8.55. The first-order chi connectivity index (χ1) is 11.3. The molecule has 1 amide bonds. The van der Waals surface area contributed by atoms with Crippen LogP contribution in [0.3, 0.4) is 0 Å². The molecule has 1 aromatic carbocycles. The lowest BCUT2D eigenvalue weighted by Gasteiger charge is -2.31. The number of carbonyl (C=O) groups is 2. The van der Waals surface area contributed by atoms with Crippen molar-refractivity contribution in [1.82, 2.24) is 5.32 Å². The van der Waals surface area contributed by atoms with Crippen LogP contribution in [0.25, 0.3) is 0 Å². The Hall–Kier alpha value is -2.04. The molecule has 2 atom stereocenters. The van der Waals surface area contributed by atoms with Crippen molar-refractivity contribution in [2.45, 2.75) is 64.7 Å². The van der Waals surface area contributed by atoms with E-state index in [0.717, 1.165) is 31.2 Å². The average molecular weight is 333 g/mol. The molecule has 1 saturated carbocycles. The van der Waals surface area contributed by atoms with Crippen LogP contribution in [0.1, 0.15) is 52.0 Å². The summed E-state index contributed by atoms with van der Waals surface area (Å²) in [5, 5.41) is 2.84. The zero-order valence-corrected chi connectivity index (χ0v) is 14.7. The molecule has 24 heavy (non-hydrogen) atoms. The van der Waals surface area contributed by atoms with Gasteiger partial charge in [0.2, 0.25) is 0 Å². The third-order valence-corrected chi connectivity index (χ3v) is 3.99. The monoisotopic (exact) mass is 333 g/mol. The maximum atomic E-state index is 12.4. The van der Waals surface area contributed by atoms with Gasteiger partial charge in [-0.3, -0.25) is 4.79 Å². The fourth-order valence-corrected chi connectivity index (χ4v) is 2.88. The fraction of sp³-hybridized carbons (Fsp3) is 0.579. The number of carbonyl (C=O) groups excluding carboxylic acids is 2. The molecule has 5 heteroatoms. The quantitative estimate of drug-likeness (QED) is 0.851. The van der Waals surface area contributed by atoms with E-state index in [2.05, 4.69) is 5.32 Å². The lowest BCUT2D eigenvalue weighted by molar-refractivity contribution is -0.152. The van der Waals surface area contributed by atoms with Crippen molar-refractivity contribution in [3.8, 4) is 0 Å². The summed E-state index contributed by atoms with van der Waals surface area (Å²) in [5.74, 6) is -0.561. The molecule has 1 aliphatic rings. The highest BCUT2D eigenvalue weighted by Crippen LogP contribution is 2.26. The highest BCUT2D eigenvalue weighted by Gasteiger charge is 2.34. The van der Waals surface area contributed by atoms with Crippen LogP contribution in [-0.4, -0.2) is 23.7 Å². The maximum Gasteiger partial charge on any atom is 0.407 e. The zero-order valence-electron chi connectivity index (χ0n) is 14.7. The Bertz CT molecular complexity index is 550. The normalized spacial score (nSPS) is 21.0. The smallest absolute Gasteiger partial charge is 0.407 e. The molecule has 0 spiro atoms. The summed E-state index contributed by atoms with van der Waals surface area (Å²) in [4.78, 5) is 24.4. The molecule has 0 aliphatic heterocycles. The van der Waals surface area contributed by atoms with Crippen molar-refractivity contribution < 1.29 is 19.1 Å². The van der Waals surface area contributed by atoms with Crippen molar-refractivity contribution >= 4 is 12.1 Å². The molecule has 0 radical (unpaired) electrons. The van der Waals surface area contributed by atoms with Gasteiger partial charge in [-0.2, -0.15) is 0 Å². The Labute approximate surface area is 143 Å². The minimum absolute atomic E-state index is 0.225. The number of amides is 1. The number of rotatable bonds is 4. The molecule has 0 aromatic heterocycles. The van der Waals surface area contributed by atoms with Gasteiger partial charge in [0.25, 0.3) is 0 Å². The van der Waals surface area contributed by atoms with Gasteiger partial charge in [-0.25, -0.2) is 4.79 Å². The first kappa shape index (κ1) is 18.3. The van der Waals surface area contributed by atoms with Crippen molar-refractivity contribution in [2.24, 2.45) is 5.92 Å². The van der Waals surface area contributed by atoms with Crippen molar-refractivity contribution in [1.29, 1.82) is 0 Å². The molecule has 1 aromatic rings. The summed E-state index contributed by atoms with van der Waals surface area (Å²) in [7, 11) is 0. The standard InChI is InChI=1S/C19H27NO4/c1-19(2,3)24-18(22)20-16-12-8-7-11-15(16)17(21)23-13-14-9-5-4-6-10-14/h4-6,9-10,15-16H,7-8,11-13H2,1-3H3,(H,20,22)/t15-,16+/m1/s1. The third-order valence-electron chi connectivity index (χ3n) is 3.99. The molecule has 0 unspecified atom stereocenters. The van der Waals surface area contributed by atoms with Crippen LogP contribution in [-0.2, 0) is 20.9 Å². The summed E-state index contributed by atoms with van der Waals surface area (Å²) < 4.78 is 10.7. The Morgan fingerprint density at radius 3 is 2.46 bits per heavy atom. The molecular weight excluding hydrogens is 306 g/mol. The largest absolute Gasteiger partial charge is 0.461 e. The Morgan fingerprint density at radius 2 is 1.79 bits per heavy atom. The number of nitrogens with one attached hydrogen (secondary N) is 1. The number of benzene rings is 1. The van der Waals surface area contributed by atoms with E-state index >= 15 is 0 Å². The fourth-order valence-electron chi connectivity index (χ4n) is 2.88. The summed E-state index contributed by atoms with van der Waals surface area (Å²) in [6.07, 6.45) is 2.98. The van der Waals surface area contributed by atoms with E-state index in [-0.39, 0.29) is 24.5 Å². The van der Waals surface area contributed by atoms with E-state index in [0.29, 0.717) is 0 Å². The molecular formula is C19H27NO4. The summed E-state index contributed by atoms with van der Waals surface area (Å²) in [6, 6.07) is 9.37. The van der Waals surface area contributed by atoms with E-state index in [1.54, 1.807) is 0 Å². The number of hydrogen-bond donors (Lipinski definition) is 1. The Balaban J connectivity index is 1.90. The second-order valence-electron chi connectivity index (χ2n) is 7.24. The van der Waals surface area contributed by atoms with Crippen LogP contribution in [0.2, 0.25) is 0 Å². The third kappa shape index (κ3) is 5.87. The van der Waals surface area contributed by atoms with Crippen LogP contribution in [0, 0.1) is 5.92 Å². The molecule has 1 N–H and O–H groups in total. The first-order valence-electron chi connectivity index (χ1n) is 8.55. The molecule has 132 valence electrons. The molecule has 1 fully saturated rings. The zero-order chi connectivity index (χ0) is 17.6. The van der Waals surface area contributed by atoms with E-state index in [1.807, 2.05) is 51.1 Å². The Kier molecular flexibility index (Phi) is 6.23. The number of esters is 1. The summed E-state index contributed by atoms with van der Waals surface area (Å²) in [5.41, 5.74) is 0.403. The summed E-state index contributed by atoms with van der Waals surface area (Å²) >= 11 is 0. The summed E-state index contributed by atoms with van der Waals surface area (Å²) in [6.45, 7) is 5.71. The number of alkyl carbamates (subject to hydrolysis) is 1. The molecule has 0 saturated heterocycles. The molecule has 2 rings (SSSR count). The van der Waals surface area contributed by atoms with Crippen LogP contribution in [0.5, 0.6) is 0 Å². The van der Waals surface area contributed by atoms with Gasteiger partial charge in [-0.15, -0.1) is 0 Å². The topological polar surface area (TPSA) is 64.6 Å². The van der Waals surface area contributed by atoms with Crippen LogP contribution in [0.15, 0.2) is 30.3 Å².